The number of carboxylic acids is 1. The van der Waals surface area contributed by atoms with Gasteiger partial charge in [-0.25, -0.2) is 4.79 Å². The molecule has 1 N–H and O–H groups in total. The number of aliphatic carboxylic acids is 1. The van der Waals surface area contributed by atoms with Gasteiger partial charge in [0.05, 0.1) is 18.4 Å². The zero-order valence-corrected chi connectivity index (χ0v) is 21.1. The topological polar surface area (TPSA) is 46.5 Å². The van der Waals surface area contributed by atoms with Crippen LogP contribution < -0.4 is 0 Å². The van der Waals surface area contributed by atoms with Gasteiger partial charge in [0, 0.05) is 0 Å². The normalized spacial score (nSPS) is 11.7. The molecular formula is C28H54O3. The zero-order valence-electron chi connectivity index (χ0n) is 21.1. The van der Waals surface area contributed by atoms with Crippen molar-refractivity contribution in [3.8, 4) is 0 Å². The molecule has 0 atom stereocenters. The van der Waals surface area contributed by atoms with Crippen molar-refractivity contribution in [3.05, 3.63) is 11.8 Å². The van der Waals surface area contributed by atoms with Gasteiger partial charge in [-0.05, 0) is 13.3 Å². The number of hydrogen-bond donors (Lipinski definition) is 1. The third-order valence-electron chi connectivity index (χ3n) is 6.21. The quantitative estimate of drug-likeness (QED) is 0.0876. The van der Waals surface area contributed by atoms with E-state index >= 15 is 0 Å². The Balaban J connectivity index is 3.08. The molecule has 0 aliphatic heterocycles. The summed E-state index contributed by atoms with van der Waals surface area (Å²) in [6.07, 6.45) is 31.9. The lowest BCUT2D eigenvalue weighted by Gasteiger charge is -2.04. The Morgan fingerprint density at radius 3 is 1.16 bits per heavy atom. The minimum absolute atomic E-state index is 0.263. The van der Waals surface area contributed by atoms with Crippen molar-refractivity contribution >= 4 is 5.97 Å². The molecular weight excluding hydrogens is 384 g/mol. The summed E-state index contributed by atoms with van der Waals surface area (Å²) in [5, 5.41) is 8.72. The molecule has 0 fully saturated rings. The number of rotatable bonds is 25. The molecule has 0 aliphatic rings. The van der Waals surface area contributed by atoms with E-state index in [1.54, 1.807) is 6.92 Å². The van der Waals surface area contributed by atoms with Crippen LogP contribution in [0.2, 0.25) is 0 Å². The molecule has 3 heteroatoms. The van der Waals surface area contributed by atoms with Crippen LogP contribution in [-0.2, 0) is 9.53 Å². The van der Waals surface area contributed by atoms with E-state index in [4.69, 9.17) is 9.84 Å². The lowest BCUT2D eigenvalue weighted by atomic mass is 10.0. The van der Waals surface area contributed by atoms with Crippen molar-refractivity contribution in [3.63, 3.8) is 0 Å². The molecule has 3 nitrogen and oxygen atoms in total. The van der Waals surface area contributed by atoms with E-state index in [-0.39, 0.29) is 5.57 Å². The monoisotopic (exact) mass is 438 g/mol. The SMILES string of the molecule is CCCCCCCCCCCCCCCCCCCCCCCCOC=C(C)C(=O)O. The second kappa shape index (κ2) is 25.3. The second-order valence-corrected chi connectivity index (χ2v) is 9.40. The zero-order chi connectivity index (χ0) is 22.8. The minimum Gasteiger partial charge on any atom is -0.501 e. The summed E-state index contributed by atoms with van der Waals surface area (Å²) in [7, 11) is 0. The number of carbonyl (C=O) groups is 1. The molecule has 0 radical (unpaired) electrons. The van der Waals surface area contributed by atoms with E-state index in [1.165, 1.54) is 141 Å². The van der Waals surface area contributed by atoms with Crippen molar-refractivity contribution in [2.24, 2.45) is 0 Å². The largest absolute Gasteiger partial charge is 0.501 e. The number of hydrogen-bond acceptors (Lipinski definition) is 2. The van der Waals surface area contributed by atoms with E-state index in [0.717, 1.165) is 6.42 Å². The average Bonchev–Trinajstić information content (AvgIpc) is 2.76. The van der Waals surface area contributed by atoms with Crippen molar-refractivity contribution < 1.29 is 14.6 Å². The Morgan fingerprint density at radius 2 is 0.871 bits per heavy atom. The molecule has 0 aromatic carbocycles. The third-order valence-corrected chi connectivity index (χ3v) is 6.21. The first-order valence-corrected chi connectivity index (χ1v) is 13.7. The first-order chi connectivity index (χ1) is 15.2. The van der Waals surface area contributed by atoms with Crippen LogP contribution in [0.1, 0.15) is 155 Å². The van der Waals surface area contributed by atoms with Gasteiger partial charge in [-0.1, -0.05) is 142 Å². The highest BCUT2D eigenvalue weighted by Gasteiger charge is 1.99. The van der Waals surface area contributed by atoms with Crippen LogP contribution in [0.4, 0.5) is 0 Å². The van der Waals surface area contributed by atoms with Gasteiger partial charge in [-0.15, -0.1) is 0 Å². The summed E-state index contributed by atoms with van der Waals surface area (Å²) in [4.78, 5) is 10.6. The highest BCUT2D eigenvalue weighted by molar-refractivity contribution is 5.85. The van der Waals surface area contributed by atoms with Gasteiger partial charge >= 0.3 is 5.97 Å². The van der Waals surface area contributed by atoms with Crippen molar-refractivity contribution in [1.29, 1.82) is 0 Å². The molecule has 0 bridgehead atoms. The lowest BCUT2D eigenvalue weighted by Crippen LogP contribution is -1.97. The Kier molecular flexibility index (Phi) is 24.5. The number of unbranched alkanes of at least 4 members (excludes halogenated alkanes) is 21. The van der Waals surface area contributed by atoms with E-state index < -0.39 is 5.97 Å². The smallest absolute Gasteiger partial charge is 0.334 e. The molecule has 0 rings (SSSR count). The highest BCUT2D eigenvalue weighted by Crippen LogP contribution is 2.15. The van der Waals surface area contributed by atoms with Gasteiger partial charge < -0.3 is 9.84 Å². The summed E-state index contributed by atoms with van der Waals surface area (Å²) in [6, 6.07) is 0. The molecule has 0 amide bonds. The summed E-state index contributed by atoms with van der Waals surface area (Å²) in [5.74, 6) is -0.908. The molecule has 0 saturated heterocycles. The maximum absolute atomic E-state index is 10.6. The third kappa shape index (κ3) is 25.1. The summed E-state index contributed by atoms with van der Waals surface area (Å²) in [6.45, 7) is 4.48. The molecule has 0 heterocycles. The van der Waals surface area contributed by atoms with Crippen LogP contribution in [-0.4, -0.2) is 17.7 Å². The number of carboxylic acid groups (broad SMARTS) is 1. The molecule has 31 heavy (non-hydrogen) atoms. The Bertz CT molecular complexity index is 403. The molecule has 0 saturated carbocycles. The lowest BCUT2D eigenvalue weighted by molar-refractivity contribution is -0.132. The molecule has 0 aromatic rings. The molecule has 0 spiro atoms. The van der Waals surface area contributed by atoms with Crippen LogP contribution in [0.15, 0.2) is 11.8 Å². The minimum atomic E-state index is -0.908. The standard InChI is InChI=1S/C28H54O3/c1-3-4-5-6-7-8-9-10-11-12-13-14-15-16-17-18-19-20-21-22-23-24-25-31-26-27(2)28(29)30/h26H,3-25H2,1-2H3,(H,29,30). The fourth-order valence-electron chi connectivity index (χ4n) is 4.03. The fraction of sp³-hybridized carbons (Fsp3) is 0.893. The molecule has 0 unspecified atom stereocenters. The van der Waals surface area contributed by atoms with Crippen LogP contribution in [0, 0.1) is 0 Å². The fourth-order valence-corrected chi connectivity index (χ4v) is 4.03. The van der Waals surface area contributed by atoms with Gasteiger partial charge in [0.15, 0.2) is 0 Å². The first-order valence-electron chi connectivity index (χ1n) is 13.7. The average molecular weight is 439 g/mol. The summed E-state index contributed by atoms with van der Waals surface area (Å²) < 4.78 is 5.26. The maximum atomic E-state index is 10.6. The van der Waals surface area contributed by atoms with Gasteiger partial charge in [0.1, 0.15) is 0 Å². The van der Waals surface area contributed by atoms with Gasteiger partial charge in [-0.3, -0.25) is 0 Å². The Morgan fingerprint density at radius 1 is 0.581 bits per heavy atom. The van der Waals surface area contributed by atoms with Gasteiger partial charge in [-0.2, -0.15) is 0 Å². The van der Waals surface area contributed by atoms with Crippen LogP contribution in [0.25, 0.3) is 0 Å². The van der Waals surface area contributed by atoms with Crippen molar-refractivity contribution in [1.82, 2.24) is 0 Å². The Hall–Kier alpha value is -0.990. The molecule has 0 aliphatic carbocycles. The Labute approximate surface area is 194 Å². The van der Waals surface area contributed by atoms with Gasteiger partial charge in [0.25, 0.3) is 0 Å². The van der Waals surface area contributed by atoms with E-state index in [1.807, 2.05) is 0 Å². The molecule has 184 valence electrons. The van der Waals surface area contributed by atoms with E-state index in [2.05, 4.69) is 6.92 Å². The maximum Gasteiger partial charge on any atom is 0.334 e. The van der Waals surface area contributed by atoms with Crippen LogP contribution in [0.3, 0.4) is 0 Å². The van der Waals surface area contributed by atoms with Crippen molar-refractivity contribution in [2.75, 3.05) is 6.61 Å². The van der Waals surface area contributed by atoms with Crippen LogP contribution in [0.5, 0.6) is 0 Å². The first kappa shape index (κ1) is 30.0. The van der Waals surface area contributed by atoms with E-state index in [9.17, 15) is 4.79 Å². The van der Waals surface area contributed by atoms with Crippen molar-refractivity contribution in [2.45, 2.75) is 155 Å². The summed E-state index contributed by atoms with van der Waals surface area (Å²) in [5.41, 5.74) is 0.263. The second-order valence-electron chi connectivity index (χ2n) is 9.40. The number of ether oxygens (including phenoxy) is 1. The van der Waals surface area contributed by atoms with Crippen LogP contribution >= 0.6 is 0 Å². The van der Waals surface area contributed by atoms with E-state index in [0.29, 0.717) is 6.61 Å². The predicted octanol–water partition coefficient (Wildman–Crippen LogP) is 9.59. The highest BCUT2D eigenvalue weighted by atomic mass is 16.5. The molecule has 0 aromatic heterocycles. The van der Waals surface area contributed by atoms with Gasteiger partial charge in [0.2, 0.25) is 0 Å². The summed E-state index contributed by atoms with van der Waals surface area (Å²) >= 11 is 0. The predicted molar refractivity (Wildman–Crippen MR) is 135 cm³/mol.